The molecule has 1 rings (SSSR count). The van der Waals surface area contributed by atoms with Crippen molar-refractivity contribution in [2.75, 3.05) is 0 Å². The summed E-state index contributed by atoms with van der Waals surface area (Å²) < 4.78 is 0. The minimum atomic E-state index is -0.924. The number of amides is 1. The van der Waals surface area contributed by atoms with Crippen LogP contribution >= 0.6 is 11.3 Å². The van der Waals surface area contributed by atoms with Crippen LogP contribution in [-0.2, 0) is 11.3 Å². The first-order chi connectivity index (χ1) is 6.50. The van der Waals surface area contributed by atoms with Crippen molar-refractivity contribution in [3.05, 3.63) is 21.4 Å². The molecule has 0 saturated carbocycles. The third-order valence-electron chi connectivity index (χ3n) is 1.76. The van der Waals surface area contributed by atoms with Crippen molar-refractivity contribution in [3.63, 3.8) is 0 Å². The van der Waals surface area contributed by atoms with Gasteiger partial charge in [-0.25, -0.2) is 4.79 Å². The number of aryl methyl sites for hydroxylation is 1. The predicted molar refractivity (Wildman–Crippen MR) is 53.5 cm³/mol. The van der Waals surface area contributed by atoms with Gasteiger partial charge in [0, 0.05) is 18.3 Å². The second-order valence-corrected chi connectivity index (χ2v) is 4.16. The first-order valence-electron chi connectivity index (χ1n) is 4.07. The molecule has 2 N–H and O–H groups in total. The maximum absolute atomic E-state index is 10.6. The SMILES string of the molecule is CC(=O)NCc1cc(C(=O)O)sc1C. The molecule has 0 radical (unpaired) electrons. The Morgan fingerprint density at radius 3 is 2.64 bits per heavy atom. The summed E-state index contributed by atoms with van der Waals surface area (Å²) in [6.07, 6.45) is 0. The van der Waals surface area contributed by atoms with Crippen LogP contribution in [0, 0.1) is 6.92 Å². The normalized spacial score (nSPS) is 9.86. The molecule has 0 aliphatic heterocycles. The van der Waals surface area contributed by atoms with Crippen molar-refractivity contribution in [1.29, 1.82) is 0 Å². The summed E-state index contributed by atoms with van der Waals surface area (Å²) in [5, 5.41) is 11.4. The molecule has 1 heterocycles. The number of hydrogen-bond donors (Lipinski definition) is 2. The monoisotopic (exact) mass is 213 g/mol. The molecule has 5 heteroatoms. The van der Waals surface area contributed by atoms with Crippen LogP contribution in [0.1, 0.15) is 27.0 Å². The van der Waals surface area contributed by atoms with Gasteiger partial charge in [-0.15, -0.1) is 11.3 Å². The molecule has 1 amide bonds. The topological polar surface area (TPSA) is 66.4 Å². The van der Waals surface area contributed by atoms with Gasteiger partial charge in [0.1, 0.15) is 4.88 Å². The minimum absolute atomic E-state index is 0.118. The van der Waals surface area contributed by atoms with Crippen molar-refractivity contribution < 1.29 is 14.7 Å². The summed E-state index contributed by atoms with van der Waals surface area (Å²) in [6, 6.07) is 1.60. The number of nitrogens with one attached hydrogen (secondary N) is 1. The number of rotatable bonds is 3. The lowest BCUT2D eigenvalue weighted by Crippen LogP contribution is -2.18. The van der Waals surface area contributed by atoms with Crippen molar-refractivity contribution in [2.45, 2.75) is 20.4 Å². The van der Waals surface area contributed by atoms with Gasteiger partial charge in [-0.05, 0) is 18.6 Å². The third kappa shape index (κ3) is 2.56. The number of carbonyl (C=O) groups excluding carboxylic acids is 1. The lowest BCUT2D eigenvalue weighted by atomic mass is 10.2. The lowest BCUT2D eigenvalue weighted by molar-refractivity contribution is -0.119. The molecule has 0 spiro atoms. The van der Waals surface area contributed by atoms with Gasteiger partial charge in [-0.2, -0.15) is 0 Å². The van der Waals surface area contributed by atoms with Gasteiger partial charge < -0.3 is 10.4 Å². The highest BCUT2D eigenvalue weighted by molar-refractivity contribution is 7.14. The fourth-order valence-electron chi connectivity index (χ4n) is 1.02. The third-order valence-corrected chi connectivity index (χ3v) is 2.84. The van der Waals surface area contributed by atoms with Gasteiger partial charge in [-0.1, -0.05) is 0 Å². The first-order valence-corrected chi connectivity index (χ1v) is 4.89. The van der Waals surface area contributed by atoms with E-state index in [9.17, 15) is 9.59 Å². The summed E-state index contributed by atoms with van der Waals surface area (Å²) >= 11 is 1.22. The van der Waals surface area contributed by atoms with Crippen LogP contribution in [0.25, 0.3) is 0 Å². The molecule has 0 aromatic carbocycles. The second kappa shape index (κ2) is 4.23. The van der Waals surface area contributed by atoms with Crippen LogP contribution < -0.4 is 5.32 Å². The highest BCUT2D eigenvalue weighted by Gasteiger charge is 2.10. The van der Waals surface area contributed by atoms with Crippen LogP contribution in [0.4, 0.5) is 0 Å². The van der Waals surface area contributed by atoms with Crippen LogP contribution in [0.3, 0.4) is 0 Å². The van der Waals surface area contributed by atoms with Crippen LogP contribution in [0.2, 0.25) is 0 Å². The smallest absolute Gasteiger partial charge is 0.345 e. The fourth-order valence-corrected chi connectivity index (χ4v) is 1.90. The van der Waals surface area contributed by atoms with Crippen LogP contribution in [0.5, 0.6) is 0 Å². The van der Waals surface area contributed by atoms with Crippen LogP contribution in [0.15, 0.2) is 6.07 Å². The van der Waals surface area contributed by atoms with Crippen molar-refractivity contribution in [2.24, 2.45) is 0 Å². The van der Waals surface area contributed by atoms with E-state index < -0.39 is 5.97 Å². The maximum atomic E-state index is 10.6. The Morgan fingerprint density at radius 1 is 1.57 bits per heavy atom. The number of aromatic carboxylic acids is 1. The van der Waals surface area contributed by atoms with E-state index in [1.54, 1.807) is 6.07 Å². The van der Waals surface area contributed by atoms with Gasteiger partial charge in [0.15, 0.2) is 0 Å². The molecule has 1 aromatic heterocycles. The average Bonchev–Trinajstić information content (AvgIpc) is 2.43. The van der Waals surface area contributed by atoms with Gasteiger partial charge >= 0.3 is 5.97 Å². The highest BCUT2D eigenvalue weighted by atomic mass is 32.1. The Morgan fingerprint density at radius 2 is 2.21 bits per heavy atom. The molecule has 1 aromatic rings. The molecule has 0 atom stereocenters. The van der Waals surface area contributed by atoms with E-state index in [1.807, 2.05) is 6.92 Å². The van der Waals surface area contributed by atoms with E-state index >= 15 is 0 Å². The second-order valence-electron chi connectivity index (χ2n) is 2.91. The van der Waals surface area contributed by atoms with Gasteiger partial charge in [0.25, 0.3) is 0 Å². The van der Waals surface area contributed by atoms with E-state index in [2.05, 4.69) is 5.32 Å². The summed E-state index contributed by atoms with van der Waals surface area (Å²) in [5.74, 6) is -1.04. The van der Waals surface area contributed by atoms with Crippen molar-refractivity contribution in [3.8, 4) is 0 Å². The Balaban J connectivity index is 2.77. The summed E-state index contributed by atoms with van der Waals surface area (Å²) in [6.45, 7) is 3.67. The average molecular weight is 213 g/mol. The number of carboxylic acids is 1. The fraction of sp³-hybridized carbons (Fsp3) is 0.333. The number of thiophene rings is 1. The molecule has 0 bridgehead atoms. The number of carbonyl (C=O) groups is 2. The highest BCUT2D eigenvalue weighted by Crippen LogP contribution is 2.21. The van der Waals surface area contributed by atoms with Gasteiger partial charge in [0.2, 0.25) is 5.91 Å². The molecule has 0 aliphatic carbocycles. The Bertz CT molecular complexity index is 370. The number of hydrogen-bond acceptors (Lipinski definition) is 3. The lowest BCUT2D eigenvalue weighted by Gasteiger charge is -1.99. The van der Waals surface area contributed by atoms with Gasteiger partial charge in [0.05, 0.1) is 0 Å². The molecule has 0 saturated heterocycles. The maximum Gasteiger partial charge on any atom is 0.345 e. The molecular formula is C9H11NO3S. The van der Waals surface area contributed by atoms with Crippen molar-refractivity contribution in [1.82, 2.24) is 5.32 Å². The molecule has 0 aliphatic rings. The van der Waals surface area contributed by atoms with E-state index in [0.29, 0.717) is 11.4 Å². The Hall–Kier alpha value is -1.36. The predicted octanol–water partition coefficient (Wildman–Crippen LogP) is 1.39. The molecule has 0 fully saturated rings. The summed E-state index contributed by atoms with van der Waals surface area (Å²) in [5.41, 5.74) is 0.864. The standard InChI is InChI=1S/C9H11NO3S/c1-5-7(4-10-6(2)11)3-8(14-5)9(12)13/h3H,4H2,1-2H3,(H,10,11)(H,12,13). The summed E-state index contributed by atoms with van der Waals surface area (Å²) in [7, 11) is 0. The Labute approximate surface area is 85.6 Å². The van der Waals surface area contributed by atoms with E-state index in [4.69, 9.17) is 5.11 Å². The quantitative estimate of drug-likeness (QED) is 0.797. The first kappa shape index (κ1) is 10.7. The van der Waals surface area contributed by atoms with Crippen molar-refractivity contribution >= 4 is 23.2 Å². The molecular weight excluding hydrogens is 202 g/mol. The zero-order chi connectivity index (χ0) is 10.7. The summed E-state index contributed by atoms with van der Waals surface area (Å²) in [4.78, 5) is 22.5. The molecule has 14 heavy (non-hydrogen) atoms. The number of carboxylic acid groups (broad SMARTS) is 1. The van der Waals surface area contributed by atoms with Gasteiger partial charge in [-0.3, -0.25) is 4.79 Å². The van der Waals surface area contributed by atoms with E-state index in [0.717, 1.165) is 10.4 Å². The van der Waals surface area contributed by atoms with E-state index in [-0.39, 0.29) is 5.91 Å². The van der Waals surface area contributed by atoms with Crippen LogP contribution in [-0.4, -0.2) is 17.0 Å². The zero-order valence-corrected chi connectivity index (χ0v) is 8.77. The molecule has 4 nitrogen and oxygen atoms in total. The largest absolute Gasteiger partial charge is 0.477 e. The Kier molecular flexibility index (Phi) is 3.24. The molecule has 0 unspecified atom stereocenters. The zero-order valence-electron chi connectivity index (χ0n) is 7.96. The minimum Gasteiger partial charge on any atom is -0.477 e. The molecule has 76 valence electrons. The van der Waals surface area contributed by atoms with E-state index in [1.165, 1.54) is 18.3 Å².